The van der Waals surface area contributed by atoms with Gasteiger partial charge in [0, 0.05) is 87.0 Å². The summed E-state index contributed by atoms with van der Waals surface area (Å²) in [4.78, 5) is 5.59. The topological polar surface area (TPSA) is 26.3 Å². The SMILES string of the molecule is CC(C)(C)c1ccc2oc3ccccc3c2c1.CC(C)(C)c1ccc2sc3ccccc3c2c1.CC(C)(C)c1cccc2c1Sc1ccccc1S2.CC(C)(C)c1cccc2c1oc1ccccc12.CC(C)(C)c1cccc2c1sc1ccccc12. The maximum absolute atomic E-state index is 6.01. The molecule has 0 fully saturated rings. The van der Waals surface area contributed by atoms with Crippen LogP contribution in [0.4, 0.5) is 0 Å². The summed E-state index contributed by atoms with van der Waals surface area (Å²) in [7, 11) is 0. The molecule has 0 atom stereocenters. The number of fused-ring (bicyclic) bond motifs is 14. The second-order valence-corrected chi connectivity index (χ2v) is 32.0. The molecule has 1 aliphatic heterocycles. The third-order valence-corrected chi connectivity index (χ3v) is 21.0. The van der Waals surface area contributed by atoms with Crippen LogP contribution in [0.25, 0.3) is 84.2 Å². The van der Waals surface area contributed by atoms with Gasteiger partial charge in [-0.05, 0) is 116 Å². The summed E-state index contributed by atoms with van der Waals surface area (Å²) in [5.41, 5.74) is 11.8. The molecule has 5 heterocycles. The van der Waals surface area contributed by atoms with Crippen LogP contribution in [0, 0.1) is 0 Å². The lowest BCUT2D eigenvalue weighted by Crippen LogP contribution is -2.13. The Labute approximate surface area is 526 Å². The van der Waals surface area contributed by atoms with Gasteiger partial charge in [-0.25, -0.2) is 0 Å². The molecule has 14 aromatic rings. The minimum Gasteiger partial charge on any atom is -0.456 e. The predicted molar refractivity (Wildman–Crippen MR) is 381 cm³/mol. The number of rotatable bonds is 0. The van der Waals surface area contributed by atoms with Crippen LogP contribution in [0.1, 0.15) is 132 Å². The van der Waals surface area contributed by atoms with E-state index in [1.807, 2.05) is 70.5 Å². The predicted octanol–water partition coefficient (Wildman–Crippen LogP) is 26.1. The zero-order valence-corrected chi connectivity index (χ0v) is 55.9. The number of para-hydroxylation sites is 3. The quantitative estimate of drug-likeness (QED) is 0.151. The average molecular weight is 1200 g/mol. The number of thiophene rings is 2. The molecule has 0 aliphatic carbocycles. The van der Waals surface area contributed by atoms with Crippen LogP contribution in [0.3, 0.4) is 0 Å². The van der Waals surface area contributed by atoms with E-state index in [2.05, 4.69) is 292 Å². The van der Waals surface area contributed by atoms with Gasteiger partial charge in [-0.1, -0.05) is 273 Å². The first kappa shape index (κ1) is 60.6. The fourth-order valence-electron chi connectivity index (χ4n) is 11.2. The molecule has 0 spiro atoms. The Kier molecular flexibility index (Phi) is 16.8. The molecular weight excluding hydrogens is 1120 g/mol. The Balaban J connectivity index is 0.000000112. The number of hydrogen-bond acceptors (Lipinski definition) is 6. The summed E-state index contributed by atoms with van der Waals surface area (Å²) in [5.74, 6) is 0. The van der Waals surface area contributed by atoms with E-state index in [0.29, 0.717) is 0 Å². The third kappa shape index (κ3) is 12.8. The van der Waals surface area contributed by atoms with Crippen molar-refractivity contribution < 1.29 is 8.83 Å². The van der Waals surface area contributed by atoms with Gasteiger partial charge in [0.05, 0.1) is 0 Å². The second-order valence-electron chi connectivity index (χ2n) is 27.7. The lowest BCUT2D eigenvalue weighted by atomic mass is 9.86. The first-order valence-electron chi connectivity index (χ1n) is 30.0. The van der Waals surface area contributed by atoms with Gasteiger partial charge in [-0.2, -0.15) is 0 Å². The molecule has 2 nitrogen and oxygen atoms in total. The molecule has 0 N–H and O–H groups in total. The summed E-state index contributed by atoms with van der Waals surface area (Å²) in [6.07, 6.45) is 0. The van der Waals surface area contributed by atoms with Crippen LogP contribution in [0.2, 0.25) is 0 Å². The molecule has 6 heteroatoms. The van der Waals surface area contributed by atoms with E-state index in [4.69, 9.17) is 8.83 Å². The highest BCUT2D eigenvalue weighted by Gasteiger charge is 2.26. The van der Waals surface area contributed by atoms with E-state index >= 15 is 0 Å². The van der Waals surface area contributed by atoms with Gasteiger partial charge >= 0.3 is 0 Å². The number of hydrogen-bond donors (Lipinski definition) is 0. The summed E-state index contributed by atoms with van der Waals surface area (Å²) in [6.45, 7) is 33.9. The fraction of sp³-hybridized carbons (Fsp3) is 0.250. The van der Waals surface area contributed by atoms with Crippen molar-refractivity contribution >= 4 is 130 Å². The van der Waals surface area contributed by atoms with E-state index < -0.39 is 0 Å². The zero-order valence-electron chi connectivity index (χ0n) is 52.7. The van der Waals surface area contributed by atoms with E-state index in [-0.39, 0.29) is 27.1 Å². The summed E-state index contributed by atoms with van der Waals surface area (Å²) in [5, 5.41) is 10.4. The van der Waals surface area contributed by atoms with Gasteiger partial charge in [-0.3, -0.25) is 0 Å². The molecule has 15 rings (SSSR count). The minimum atomic E-state index is 0.105. The standard InChI is InChI=1S/2C16H16O.C16H16S2.2C16H16S/c1-16(2,3)13-9-6-8-12-11-7-4-5-10-14(11)17-15(12)13;1-16(2,3)11-8-9-15-13(10-11)12-6-4-5-7-14(12)17-15;1-16(2,3)11-7-6-10-14-15(11)18-13-9-5-4-8-12(13)17-14;1-16(2,3)13-9-6-8-12-11-7-4-5-10-14(11)17-15(12)13;1-16(2,3)11-8-9-15-13(10-11)12-6-4-5-7-14(12)17-15/h2*4-10H,1-3H3;4-10H,1-3H3;2*4-10H,1-3H3. The van der Waals surface area contributed by atoms with Crippen molar-refractivity contribution in [3.8, 4) is 0 Å². The van der Waals surface area contributed by atoms with E-state index in [1.165, 1.54) is 109 Å². The van der Waals surface area contributed by atoms with Crippen LogP contribution in [0.5, 0.6) is 0 Å². The highest BCUT2D eigenvalue weighted by Crippen LogP contribution is 2.51. The molecule has 10 aromatic carbocycles. The molecular formula is C80H80O2S4. The van der Waals surface area contributed by atoms with E-state index in [0.717, 1.165) is 22.3 Å². The lowest BCUT2D eigenvalue weighted by Gasteiger charge is -2.27. The zero-order chi connectivity index (χ0) is 60.9. The van der Waals surface area contributed by atoms with Crippen molar-refractivity contribution in [3.63, 3.8) is 0 Å². The Morgan fingerprint density at radius 3 is 1.30 bits per heavy atom. The lowest BCUT2D eigenvalue weighted by molar-refractivity contribution is 0.572. The first-order chi connectivity index (χ1) is 40.8. The van der Waals surface area contributed by atoms with Gasteiger partial charge in [0.2, 0.25) is 0 Å². The Morgan fingerprint density at radius 2 is 0.686 bits per heavy atom. The second kappa shape index (κ2) is 23.9. The highest BCUT2D eigenvalue weighted by atomic mass is 32.2. The number of benzene rings is 10. The molecule has 0 amide bonds. The molecule has 1 aliphatic rings. The van der Waals surface area contributed by atoms with Crippen LogP contribution in [-0.4, -0.2) is 0 Å². The Bertz CT molecular complexity index is 4470. The minimum absolute atomic E-state index is 0.105. The Hall–Kier alpha value is -7.06. The van der Waals surface area contributed by atoms with E-state index in [9.17, 15) is 0 Å². The molecule has 0 unspecified atom stereocenters. The van der Waals surface area contributed by atoms with Crippen molar-refractivity contribution in [2.24, 2.45) is 0 Å². The summed E-state index contributed by atoms with van der Waals surface area (Å²) in [6, 6.07) is 75.6. The van der Waals surface area contributed by atoms with Crippen molar-refractivity contribution in [3.05, 3.63) is 240 Å². The summed E-state index contributed by atoms with van der Waals surface area (Å²) < 4.78 is 17.4. The number of furan rings is 2. The first-order valence-corrected chi connectivity index (χ1v) is 33.3. The normalized spacial score (nSPS) is 12.7. The Morgan fingerprint density at radius 1 is 0.267 bits per heavy atom. The van der Waals surface area contributed by atoms with Crippen LogP contribution >= 0.6 is 46.2 Å². The smallest absolute Gasteiger partial charge is 0.139 e. The van der Waals surface area contributed by atoms with Crippen molar-refractivity contribution in [2.45, 2.75) is 151 Å². The van der Waals surface area contributed by atoms with E-state index in [1.54, 1.807) is 0 Å². The van der Waals surface area contributed by atoms with Gasteiger partial charge in [0.25, 0.3) is 0 Å². The molecule has 86 heavy (non-hydrogen) atoms. The van der Waals surface area contributed by atoms with Gasteiger partial charge in [-0.15, -0.1) is 22.7 Å². The monoisotopic (exact) mass is 1200 g/mol. The van der Waals surface area contributed by atoms with Crippen LogP contribution < -0.4 is 0 Å². The van der Waals surface area contributed by atoms with Gasteiger partial charge < -0.3 is 8.83 Å². The molecule has 0 saturated carbocycles. The van der Waals surface area contributed by atoms with Crippen molar-refractivity contribution in [1.82, 2.24) is 0 Å². The van der Waals surface area contributed by atoms with Crippen LogP contribution in [-0.2, 0) is 27.1 Å². The summed E-state index contributed by atoms with van der Waals surface area (Å²) >= 11 is 7.60. The average Bonchev–Trinajstić information content (AvgIpc) is 1.84. The maximum Gasteiger partial charge on any atom is 0.139 e. The highest BCUT2D eigenvalue weighted by molar-refractivity contribution is 8.05. The molecule has 436 valence electrons. The van der Waals surface area contributed by atoms with Gasteiger partial charge in [0.1, 0.15) is 22.3 Å². The molecule has 0 radical (unpaired) electrons. The third-order valence-electron chi connectivity index (χ3n) is 16.0. The van der Waals surface area contributed by atoms with Crippen molar-refractivity contribution in [1.29, 1.82) is 0 Å². The maximum atomic E-state index is 6.01. The van der Waals surface area contributed by atoms with Gasteiger partial charge in [0.15, 0.2) is 0 Å². The molecule has 4 aromatic heterocycles. The molecule has 0 saturated heterocycles. The van der Waals surface area contributed by atoms with Crippen LogP contribution in [0.15, 0.2) is 241 Å². The molecule has 0 bridgehead atoms. The largest absolute Gasteiger partial charge is 0.456 e. The van der Waals surface area contributed by atoms with Crippen molar-refractivity contribution in [2.75, 3.05) is 0 Å². The fourth-order valence-corrected chi connectivity index (χ4v) is 16.3.